The van der Waals surface area contributed by atoms with E-state index in [0.717, 1.165) is 10.0 Å². The van der Waals surface area contributed by atoms with E-state index in [0.29, 0.717) is 24.2 Å². The lowest BCUT2D eigenvalue weighted by Crippen LogP contribution is -2.24. The lowest BCUT2D eigenvalue weighted by atomic mass is 10.1. The average Bonchev–Trinajstić information content (AvgIpc) is 2.53. The van der Waals surface area contributed by atoms with Gasteiger partial charge in [-0.2, -0.15) is 0 Å². The largest absolute Gasteiger partial charge is 0.352 e. The van der Waals surface area contributed by atoms with Crippen molar-refractivity contribution in [1.29, 1.82) is 0 Å². The molecule has 22 heavy (non-hydrogen) atoms. The fraction of sp³-hybridized carbons (Fsp3) is 0.188. The summed E-state index contributed by atoms with van der Waals surface area (Å²) in [6.45, 7) is 2.79. The second kappa shape index (κ2) is 7.70. The number of aromatic nitrogens is 1. The van der Waals surface area contributed by atoms with Crippen LogP contribution < -0.4 is 10.6 Å². The van der Waals surface area contributed by atoms with Gasteiger partial charge in [0.2, 0.25) is 0 Å². The molecule has 1 heterocycles. The Balaban J connectivity index is 2.01. The first kappa shape index (κ1) is 16.2. The predicted octanol–water partition coefficient (Wildman–Crippen LogP) is 2.52. The first-order valence-electron chi connectivity index (χ1n) is 6.86. The van der Waals surface area contributed by atoms with Crippen LogP contribution in [0.5, 0.6) is 0 Å². The van der Waals surface area contributed by atoms with Crippen molar-refractivity contribution in [2.75, 3.05) is 6.54 Å². The van der Waals surface area contributed by atoms with Crippen molar-refractivity contribution >= 4 is 27.7 Å². The van der Waals surface area contributed by atoms with Crippen molar-refractivity contribution in [2.45, 2.75) is 13.5 Å². The summed E-state index contributed by atoms with van der Waals surface area (Å²) in [4.78, 5) is 27.8. The first-order chi connectivity index (χ1) is 10.6. The minimum atomic E-state index is -0.211. The van der Waals surface area contributed by atoms with Crippen LogP contribution in [-0.4, -0.2) is 23.3 Å². The molecule has 0 saturated carbocycles. The Labute approximate surface area is 137 Å². The van der Waals surface area contributed by atoms with E-state index in [2.05, 4.69) is 31.5 Å². The zero-order valence-corrected chi connectivity index (χ0v) is 13.7. The molecule has 114 valence electrons. The number of carbonyl (C=O) groups is 2. The molecule has 0 saturated heterocycles. The van der Waals surface area contributed by atoms with E-state index < -0.39 is 0 Å². The number of hydrogen-bond acceptors (Lipinski definition) is 3. The van der Waals surface area contributed by atoms with Crippen LogP contribution in [0.1, 0.15) is 33.2 Å². The van der Waals surface area contributed by atoms with Gasteiger partial charge in [-0.15, -0.1) is 0 Å². The predicted molar refractivity (Wildman–Crippen MR) is 87.6 cm³/mol. The lowest BCUT2D eigenvalue weighted by Gasteiger charge is -2.07. The number of nitrogens with one attached hydrogen (secondary N) is 2. The van der Waals surface area contributed by atoms with Crippen LogP contribution in [0.4, 0.5) is 0 Å². The maximum Gasteiger partial charge on any atom is 0.253 e. The number of amides is 2. The molecule has 0 spiro atoms. The van der Waals surface area contributed by atoms with Gasteiger partial charge in [-0.25, -0.2) is 0 Å². The molecular weight excluding hydrogens is 346 g/mol. The molecule has 2 N–H and O–H groups in total. The van der Waals surface area contributed by atoms with Crippen molar-refractivity contribution in [1.82, 2.24) is 15.6 Å². The van der Waals surface area contributed by atoms with E-state index >= 15 is 0 Å². The molecule has 2 aromatic rings. The van der Waals surface area contributed by atoms with Crippen molar-refractivity contribution < 1.29 is 9.59 Å². The van der Waals surface area contributed by atoms with Gasteiger partial charge in [-0.1, -0.05) is 12.1 Å². The molecule has 2 rings (SSSR count). The third-order valence-corrected chi connectivity index (χ3v) is 3.38. The summed E-state index contributed by atoms with van der Waals surface area (Å²) in [7, 11) is 0. The zero-order valence-electron chi connectivity index (χ0n) is 12.1. The molecular formula is C16H16BrN3O2. The molecule has 1 aromatic heterocycles. The van der Waals surface area contributed by atoms with Crippen LogP contribution in [-0.2, 0) is 6.54 Å². The van der Waals surface area contributed by atoms with E-state index in [1.165, 1.54) is 6.20 Å². The highest BCUT2D eigenvalue weighted by Gasteiger charge is 2.08. The molecule has 0 unspecified atom stereocenters. The molecule has 0 aliphatic heterocycles. The van der Waals surface area contributed by atoms with Crippen LogP contribution in [0.2, 0.25) is 0 Å². The van der Waals surface area contributed by atoms with Gasteiger partial charge in [0, 0.05) is 35.5 Å². The standard InChI is InChI=1S/C16H16BrN3O2/c1-2-19-15(21)12-5-3-4-11(6-12)8-20-16(22)13-7-14(17)10-18-9-13/h3-7,9-10H,2,8H2,1H3,(H,19,21)(H,20,22). The van der Waals surface area contributed by atoms with Gasteiger partial charge < -0.3 is 10.6 Å². The monoisotopic (exact) mass is 361 g/mol. The first-order valence-corrected chi connectivity index (χ1v) is 7.65. The van der Waals surface area contributed by atoms with Gasteiger partial charge in [-0.05, 0) is 46.6 Å². The number of rotatable bonds is 5. The molecule has 2 amide bonds. The maximum absolute atomic E-state index is 12.0. The number of pyridine rings is 1. The summed E-state index contributed by atoms with van der Waals surface area (Å²) >= 11 is 3.28. The van der Waals surface area contributed by atoms with Crippen molar-refractivity contribution in [3.8, 4) is 0 Å². The number of carbonyl (C=O) groups excluding carboxylic acids is 2. The number of benzene rings is 1. The third-order valence-electron chi connectivity index (χ3n) is 2.95. The molecule has 6 heteroatoms. The Bertz CT molecular complexity index is 689. The smallest absolute Gasteiger partial charge is 0.253 e. The Kier molecular flexibility index (Phi) is 5.66. The van der Waals surface area contributed by atoms with Crippen LogP contribution >= 0.6 is 15.9 Å². The van der Waals surface area contributed by atoms with Crippen LogP contribution in [0.15, 0.2) is 47.2 Å². The summed E-state index contributed by atoms with van der Waals surface area (Å²) in [6.07, 6.45) is 3.12. The van der Waals surface area contributed by atoms with Gasteiger partial charge in [0.15, 0.2) is 0 Å². The van der Waals surface area contributed by atoms with Crippen LogP contribution in [0.25, 0.3) is 0 Å². The normalized spacial score (nSPS) is 10.1. The molecule has 0 aliphatic rings. The van der Waals surface area contributed by atoms with Gasteiger partial charge in [-0.3, -0.25) is 14.6 Å². The Hall–Kier alpha value is -2.21. The average molecular weight is 362 g/mol. The van der Waals surface area contributed by atoms with E-state index in [1.54, 1.807) is 30.5 Å². The Morgan fingerprint density at radius 3 is 2.59 bits per heavy atom. The quantitative estimate of drug-likeness (QED) is 0.859. The van der Waals surface area contributed by atoms with E-state index in [1.807, 2.05) is 13.0 Å². The SMILES string of the molecule is CCNC(=O)c1cccc(CNC(=O)c2cncc(Br)c2)c1. The second-order valence-electron chi connectivity index (χ2n) is 4.63. The minimum Gasteiger partial charge on any atom is -0.352 e. The third kappa shape index (κ3) is 4.39. The molecule has 0 aliphatic carbocycles. The zero-order chi connectivity index (χ0) is 15.9. The van der Waals surface area contributed by atoms with E-state index in [9.17, 15) is 9.59 Å². The van der Waals surface area contributed by atoms with Gasteiger partial charge >= 0.3 is 0 Å². The highest BCUT2D eigenvalue weighted by Crippen LogP contribution is 2.10. The molecule has 0 bridgehead atoms. The van der Waals surface area contributed by atoms with Crippen molar-refractivity contribution in [3.05, 3.63) is 63.9 Å². The van der Waals surface area contributed by atoms with Crippen LogP contribution in [0.3, 0.4) is 0 Å². The number of nitrogens with zero attached hydrogens (tertiary/aromatic N) is 1. The number of halogens is 1. The van der Waals surface area contributed by atoms with E-state index in [-0.39, 0.29) is 11.8 Å². The Morgan fingerprint density at radius 1 is 1.09 bits per heavy atom. The molecule has 0 radical (unpaired) electrons. The maximum atomic E-state index is 12.0. The van der Waals surface area contributed by atoms with Crippen LogP contribution in [0, 0.1) is 0 Å². The summed E-state index contributed by atoms with van der Waals surface area (Å²) < 4.78 is 0.749. The van der Waals surface area contributed by atoms with Gasteiger partial charge in [0.05, 0.1) is 5.56 Å². The summed E-state index contributed by atoms with van der Waals surface area (Å²) in [5, 5.41) is 5.56. The lowest BCUT2D eigenvalue weighted by molar-refractivity contribution is 0.0946. The second-order valence-corrected chi connectivity index (χ2v) is 5.55. The molecule has 0 atom stereocenters. The highest BCUT2D eigenvalue weighted by atomic mass is 79.9. The van der Waals surface area contributed by atoms with Gasteiger partial charge in [0.1, 0.15) is 0 Å². The van der Waals surface area contributed by atoms with E-state index in [4.69, 9.17) is 0 Å². The van der Waals surface area contributed by atoms with Crippen molar-refractivity contribution in [2.24, 2.45) is 0 Å². The molecule has 1 aromatic carbocycles. The fourth-order valence-corrected chi connectivity index (χ4v) is 2.27. The fourth-order valence-electron chi connectivity index (χ4n) is 1.91. The topological polar surface area (TPSA) is 71.1 Å². The number of hydrogen-bond donors (Lipinski definition) is 2. The molecule has 5 nitrogen and oxygen atoms in total. The minimum absolute atomic E-state index is 0.119. The highest BCUT2D eigenvalue weighted by molar-refractivity contribution is 9.10. The summed E-state index contributed by atoms with van der Waals surface area (Å²) in [6, 6.07) is 8.88. The Morgan fingerprint density at radius 2 is 1.86 bits per heavy atom. The van der Waals surface area contributed by atoms with Gasteiger partial charge in [0.25, 0.3) is 11.8 Å². The summed E-state index contributed by atoms with van der Waals surface area (Å²) in [5.41, 5.74) is 1.92. The molecule has 0 fully saturated rings. The summed E-state index contributed by atoms with van der Waals surface area (Å²) in [5.74, 6) is -0.330. The van der Waals surface area contributed by atoms with Crippen molar-refractivity contribution in [3.63, 3.8) is 0 Å².